The maximum atomic E-state index is 11.5. The van der Waals surface area contributed by atoms with E-state index in [0.717, 1.165) is 19.3 Å². The molecule has 1 aliphatic rings. The summed E-state index contributed by atoms with van der Waals surface area (Å²) in [7, 11) is -2.80. The first-order valence-electron chi connectivity index (χ1n) is 4.73. The molecule has 0 aromatic carbocycles. The van der Waals surface area contributed by atoms with Crippen molar-refractivity contribution < 1.29 is 8.42 Å². The number of nitrogens with two attached hydrogens (primary N) is 1. The summed E-state index contributed by atoms with van der Waals surface area (Å²) in [5.41, 5.74) is 5.28. The van der Waals surface area contributed by atoms with Crippen LogP contribution in [0.4, 0.5) is 0 Å². The molecule has 0 aromatic heterocycles. The molecule has 0 radical (unpaired) electrons. The standard InChI is InChI=1S/C9H17NO2S/c10-7-3-1-5-9-6-2-4-8-13(9,11)12/h1,3,9H,2,4-8,10H2/b3-1-. The Morgan fingerprint density at radius 2 is 2.08 bits per heavy atom. The average Bonchev–Trinajstić information content (AvgIpc) is 2.08. The Labute approximate surface area is 79.9 Å². The van der Waals surface area contributed by atoms with Crippen molar-refractivity contribution in [2.75, 3.05) is 12.3 Å². The molecule has 76 valence electrons. The number of hydrogen-bond acceptors (Lipinski definition) is 3. The highest BCUT2D eigenvalue weighted by Crippen LogP contribution is 2.22. The Hall–Kier alpha value is -0.350. The van der Waals surface area contributed by atoms with Crippen molar-refractivity contribution in [1.29, 1.82) is 0 Å². The smallest absolute Gasteiger partial charge is 0.153 e. The SMILES string of the molecule is NC/C=C\CC1CCCCS1(=O)=O. The van der Waals surface area contributed by atoms with Gasteiger partial charge in [-0.15, -0.1) is 0 Å². The Morgan fingerprint density at radius 3 is 2.69 bits per heavy atom. The van der Waals surface area contributed by atoms with Gasteiger partial charge >= 0.3 is 0 Å². The second-order valence-corrected chi connectivity index (χ2v) is 5.83. The fraction of sp³-hybridized carbons (Fsp3) is 0.778. The first-order chi connectivity index (χ1) is 6.17. The van der Waals surface area contributed by atoms with Gasteiger partial charge in [-0.3, -0.25) is 0 Å². The van der Waals surface area contributed by atoms with Gasteiger partial charge in [-0.1, -0.05) is 18.6 Å². The van der Waals surface area contributed by atoms with E-state index in [9.17, 15) is 8.42 Å². The fourth-order valence-electron chi connectivity index (χ4n) is 1.63. The van der Waals surface area contributed by atoms with Gasteiger partial charge in [-0.2, -0.15) is 0 Å². The predicted octanol–water partition coefficient (Wildman–Crippen LogP) is 0.859. The summed E-state index contributed by atoms with van der Waals surface area (Å²) in [4.78, 5) is 0. The normalized spacial score (nSPS) is 27.9. The van der Waals surface area contributed by atoms with Crippen molar-refractivity contribution in [3.63, 3.8) is 0 Å². The molecule has 13 heavy (non-hydrogen) atoms. The van der Waals surface area contributed by atoms with Gasteiger partial charge in [0.15, 0.2) is 9.84 Å². The molecule has 0 aliphatic carbocycles. The van der Waals surface area contributed by atoms with E-state index in [-0.39, 0.29) is 5.25 Å². The molecule has 0 spiro atoms. The van der Waals surface area contributed by atoms with Crippen LogP contribution in [0.5, 0.6) is 0 Å². The quantitative estimate of drug-likeness (QED) is 0.692. The van der Waals surface area contributed by atoms with Gasteiger partial charge in [0.05, 0.1) is 11.0 Å². The summed E-state index contributed by atoms with van der Waals surface area (Å²) in [5, 5.41) is -0.149. The van der Waals surface area contributed by atoms with E-state index in [0.29, 0.717) is 18.7 Å². The van der Waals surface area contributed by atoms with Crippen molar-refractivity contribution in [1.82, 2.24) is 0 Å². The Balaban J connectivity index is 2.52. The Morgan fingerprint density at radius 1 is 1.31 bits per heavy atom. The number of rotatable bonds is 3. The van der Waals surface area contributed by atoms with Crippen LogP contribution in [0.15, 0.2) is 12.2 Å². The van der Waals surface area contributed by atoms with Crippen LogP contribution in [0.25, 0.3) is 0 Å². The zero-order valence-corrected chi connectivity index (χ0v) is 8.59. The van der Waals surface area contributed by atoms with Crippen molar-refractivity contribution in [2.24, 2.45) is 5.73 Å². The largest absolute Gasteiger partial charge is 0.327 e. The highest BCUT2D eigenvalue weighted by Gasteiger charge is 2.27. The second kappa shape index (κ2) is 4.77. The van der Waals surface area contributed by atoms with Crippen LogP contribution < -0.4 is 5.73 Å². The third-order valence-corrected chi connectivity index (χ3v) is 4.72. The van der Waals surface area contributed by atoms with E-state index in [2.05, 4.69) is 0 Å². The van der Waals surface area contributed by atoms with E-state index >= 15 is 0 Å². The molecule has 0 aromatic rings. The highest BCUT2D eigenvalue weighted by atomic mass is 32.2. The van der Waals surface area contributed by atoms with Gasteiger partial charge in [0.2, 0.25) is 0 Å². The van der Waals surface area contributed by atoms with Crippen LogP contribution in [0, 0.1) is 0 Å². The van der Waals surface area contributed by atoms with Crippen molar-refractivity contribution >= 4 is 9.84 Å². The maximum Gasteiger partial charge on any atom is 0.153 e. The molecule has 4 heteroatoms. The number of allylic oxidation sites excluding steroid dienone is 1. The van der Waals surface area contributed by atoms with E-state index < -0.39 is 9.84 Å². The van der Waals surface area contributed by atoms with E-state index in [1.165, 1.54) is 0 Å². The van der Waals surface area contributed by atoms with Crippen LogP contribution in [-0.4, -0.2) is 26.0 Å². The van der Waals surface area contributed by atoms with Crippen LogP contribution in [0.2, 0.25) is 0 Å². The highest BCUT2D eigenvalue weighted by molar-refractivity contribution is 7.92. The minimum Gasteiger partial charge on any atom is -0.327 e. The maximum absolute atomic E-state index is 11.5. The Kier molecular flexibility index (Phi) is 3.93. The van der Waals surface area contributed by atoms with Crippen molar-refractivity contribution in [3.8, 4) is 0 Å². The molecule has 1 fully saturated rings. The van der Waals surface area contributed by atoms with E-state index in [4.69, 9.17) is 5.73 Å². The topological polar surface area (TPSA) is 60.2 Å². The van der Waals surface area contributed by atoms with E-state index in [1.807, 2.05) is 12.2 Å². The minimum atomic E-state index is -2.80. The van der Waals surface area contributed by atoms with Crippen LogP contribution in [0.1, 0.15) is 25.7 Å². The number of hydrogen-bond donors (Lipinski definition) is 1. The first-order valence-corrected chi connectivity index (χ1v) is 6.45. The molecule has 1 heterocycles. The van der Waals surface area contributed by atoms with Crippen LogP contribution in [-0.2, 0) is 9.84 Å². The summed E-state index contributed by atoms with van der Waals surface area (Å²) in [6.45, 7) is 0.493. The zero-order chi connectivity index (χ0) is 9.73. The van der Waals surface area contributed by atoms with Crippen LogP contribution >= 0.6 is 0 Å². The summed E-state index contributed by atoms with van der Waals surface area (Å²) in [6, 6.07) is 0. The summed E-state index contributed by atoms with van der Waals surface area (Å²) in [6.07, 6.45) is 7.04. The molecule has 1 unspecified atom stereocenters. The third kappa shape index (κ3) is 3.12. The predicted molar refractivity (Wildman–Crippen MR) is 54.2 cm³/mol. The van der Waals surface area contributed by atoms with Gasteiger partial charge in [-0.05, 0) is 19.3 Å². The molecule has 1 atom stereocenters. The second-order valence-electron chi connectivity index (χ2n) is 3.43. The summed E-state index contributed by atoms with van der Waals surface area (Å²) in [5.74, 6) is 0.369. The monoisotopic (exact) mass is 203 g/mol. The van der Waals surface area contributed by atoms with Gasteiger partial charge in [0, 0.05) is 6.54 Å². The molecule has 0 amide bonds. The molecule has 0 bridgehead atoms. The molecule has 2 N–H and O–H groups in total. The lowest BCUT2D eigenvalue weighted by Gasteiger charge is -2.20. The van der Waals surface area contributed by atoms with Gasteiger partial charge in [-0.25, -0.2) is 8.42 Å². The Bertz CT molecular complexity index is 269. The minimum absolute atomic E-state index is 0.149. The molecule has 1 saturated heterocycles. The lowest BCUT2D eigenvalue weighted by Crippen LogP contribution is -2.27. The average molecular weight is 203 g/mol. The summed E-state index contributed by atoms with van der Waals surface area (Å²) >= 11 is 0. The van der Waals surface area contributed by atoms with Crippen LogP contribution in [0.3, 0.4) is 0 Å². The summed E-state index contributed by atoms with van der Waals surface area (Å²) < 4.78 is 23.0. The molecular weight excluding hydrogens is 186 g/mol. The number of sulfone groups is 1. The van der Waals surface area contributed by atoms with Gasteiger partial charge < -0.3 is 5.73 Å². The fourth-order valence-corrected chi connectivity index (χ4v) is 3.50. The van der Waals surface area contributed by atoms with Gasteiger partial charge in [0.25, 0.3) is 0 Å². The van der Waals surface area contributed by atoms with Gasteiger partial charge in [0.1, 0.15) is 0 Å². The van der Waals surface area contributed by atoms with E-state index in [1.54, 1.807) is 0 Å². The lowest BCUT2D eigenvalue weighted by molar-refractivity contribution is 0.540. The zero-order valence-electron chi connectivity index (χ0n) is 7.78. The third-order valence-electron chi connectivity index (χ3n) is 2.41. The molecule has 1 aliphatic heterocycles. The van der Waals surface area contributed by atoms with Crippen molar-refractivity contribution in [3.05, 3.63) is 12.2 Å². The molecular formula is C9H17NO2S. The lowest BCUT2D eigenvalue weighted by atomic mass is 10.1. The molecule has 0 saturated carbocycles. The first kappa shape index (κ1) is 10.7. The van der Waals surface area contributed by atoms with Crippen molar-refractivity contribution in [2.45, 2.75) is 30.9 Å². The molecule has 1 rings (SSSR count). The molecule has 3 nitrogen and oxygen atoms in total.